The van der Waals surface area contributed by atoms with Gasteiger partial charge in [-0.1, -0.05) is 41.2 Å². The lowest BCUT2D eigenvalue weighted by atomic mass is 10.1. The molecule has 33 heavy (non-hydrogen) atoms. The summed E-state index contributed by atoms with van der Waals surface area (Å²) in [4.78, 5) is 27.2. The van der Waals surface area contributed by atoms with Crippen molar-refractivity contribution in [2.24, 2.45) is 0 Å². The van der Waals surface area contributed by atoms with Crippen LogP contribution in [0, 0.1) is 0 Å². The molecule has 0 atom stereocenters. The van der Waals surface area contributed by atoms with E-state index in [0.717, 1.165) is 20.8 Å². The molecule has 8 nitrogen and oxygen atoms in total. The van der Waals surface area contributed by atoms with E-state index in [4.69, 9.17) is 19.2 Å². The van der Waals surface area contributed by atoms with Gasteiger partial charge in [0.25, 0.3) is 0 Å². The Morgan fingerprint density at radius 2 is 1.88 bits per heavy atom. The molecule has 3 aromatic heterocycles. The Morgan fingerprint density at radius 3 is 2.61 bits per heavy atom. The summed E-state index contributed by atoms with van der Waals surface area (Å²) in [7, 11) is 0. The van der Waals surface area contributed by atoms with Crippen molar-refractivity contribution in [1.82, 2.24) is 25.4 Å². The number of hydrogen-bond donors (Lipinski definition) is 1. The average Bonchev–Trinajstić information content (AvgIpc) is 3.42. The molecule has 0 aliphatic carbocycles. The molecule has 172 valence electrons. The van der Waals surface area contributed by atoms with Crippen LogP contribution in [0.3, 0.4) is 0 Å². The summed E-state index contributed by atoms with van der Waals surface area (Å²) in [6.07, 6.45) is -0.540. The Balaban J connectivity index is 1.51. The summed E-state index contributed by atoms with van der Waals surface area (Å²) in [5, 5.41) is 10.7. The first-order valence-electron chi connectivity index (χ1n) is 10.4. The maximum Gasteiger partial charge on any atom is 0.408 e. The summed E-state index contributed by atoms with van der Waals surface area (Å²) in [6.45, 7) is 9.02. The van der Waals surface area contributed by atoms with Crippen molar-refractivity contribution in [3.63, 3.8) is 0 Å². The normalized spacial score (nSPS) is 12.2. The largest absolute Gasteiger partial charge is 0.444 e. The molecular weight excluding hydrogens is 458 g/mol. The number of thioether (sulfide) groups is 1. The van der Waals surface area contributed by atoms with Crippen molar-refractivity contribution in [2.45, 2.75) is 56.5 Å². The van der Waals surface area contributed by atoms with Crippen molar-refractivity contribution >= 4 is 40.1 Å². The summed E-state index contributed by atoms with van der Waals surface area (Å²) >= 11 is 3.11. The van der Waals surface area contributed by atoms with Gasteiger partial charge < -0.3 is 14.6 Å². The number of benzene rings is 1. The fourth-order valence-electron chi connectivity index (χ4n) is 2.99. The van der Waals surface area contributed by atoms with Gasteiger partial charge in [-0.05, 0) is 52.1 Å². The number of nitrogens with zero attached hydrogens (tertiary/aromatic N) is 4. The Labute approximate surface area is 200 Å². The van der Waals surface area contributed by atoms with E-state index in [1.807, 2.05) is 62.5 Å². The van der Waals surface area contributed by atoms with Crippen LogP contribution in [0.25, 0.3) is 21.6 Å². The molecule has 0 unspecified atom stereocenters. The minimum absolute atomic E-state index is 0.371. The van der Waals surface area contributed by atoms with E-state index < -0.39 is 17.2 Å². The summed E-state index contributed by atoms with van der Waals surface area (Å²) < 4.78 is 10.8. The molecular formula is C23H25N5O3S2. The number of rotatable bonds is 6. The number of para-hydroxylation sites is 1. The highest BCUT2D eigenvalue weighted by atomic mass is 32.2. The predicted molar refractivity (Wildman–Crippen MR) is 129 cm³/mol. The second-order valence-corrected chi connectivity index (χ2v) is 10.8. The minimum Gasteiger partial charge on any atom is -0.444 e. The number of amides is 1. The number of fused-ring (bicyclic) bond motifs is 1. The van der Waals surface area contributed by atoms with Crippen molar-refractivity contribution in [1.29, 1.82) is 0 Å². The Kier molecular flexibility index (Phi) is 6.40. The van der Waals surface area contributed by atoms with Gasteiger partial charge in [-0.25, -0.2) is 14.8 Å². The average molecular weight is 484 g/mol. The van der Waals surface area contributed by atoms with Crippen LogP contribution in [0.15, 0.2) is 51.3 Å². The number of alkyl carbamates (subject to hydrolysis) is 1. The molecule has 0 bridgehead atoms. The second-order valence-electron chi connectivity index (χ2n) is 8.90. The van der Waals surface area contributed by atoms with E-state index in [2.05, 4.69) is 15.5 Å². The molecule has 1 aromatic carbocycles. The number of carbonyl (C=O) groups excluding carboxylic acids is 1. The van der Waals surface area contributed by atoms with Crippen LogP contribution in [-0.2, 0) is 16.0 Å². The number of carbonyl (C=O) groups is 1. The molecule has 4 aromatic rings. The number of ether oxygens (including phenoxy) is 1. The molecule has 3 heterocycles. The Morgan fingerprint density at radius 1 is 1.09 bits per heavy atom. The topological polar surface area (TPSA) is 103 Å². The first-order chi connectivity index (χ1) is 15.6. The highest BCUT2D eigenvalue weighted by Crippen LogP contribution is 2.31. The van der Waals surface area contributed by atoms with E-state index in [1.54, 1.807) is 25.2 Å². The zero-order chi connectivity index (χ0) is 23.6. The van der Waals surface area contributed by atoms with E-state index >= 15 is 0 Å². The monoisotopic (exact) mass is 483 g/mol. The maximum atomic E-state index is 12.2. The van der Waals surface area contributed by atoms with Crippen LogP contribution in [0.5, 0.6) is 0 Å². The third kappa shape index (κ3) is 5.69. The van der Waals surface area contributed by atoms with Crippen LogP contribution < -0.4 is 5.32 Å². The lowest BCUT2D eigenvalue weighted by molar-refractivity contribution is 0.0465. The van der Waals surface area contributed by atoms with Gasteiger partial charge in [0.1, 0.15) is 16.2 Å². The van der Waals surface area contributed by atoms with Crippen LogP contribution in [0.1, 0.15) is 46.3 Å². The Bertz CT molecular complexity index is 1260. The first-order valence-corrected chi connectivity index (χ1v) is 12.2. The number of thiophene rings is 1. The maximum absolute atomic E-state index is 12.2. The first kappa shape index (κ1) is 23.2. The van der Waals surface area contributed by atoms with Gasteiger partial charge in [-0.2, -0.15) is 4.98 Å². The lowest BCUT2D eigenvalue weighted by Gasteiger charge is -2.26. The quantitative estimate of drug-likeness (QED) is 0.271. The Hall–Kier alpha value is -2.98. The van der Waals surface area contributed by atoms with Crippen LogP contribution >= 0.6 is 23.1 Å². The highest BCUT2D eigenvalue weighted by molar-refractivity contribution is 7.98. The lowest BCUT2D eigenvalue weighted by Crippen LogP contribution is -2.44. The molecule has 4 rings (SSSR count). The van der Waals surface area contributed by atoms with Crippen molar-refractivity contribution in [3.05, 3.63) is 53.5 Å². The molecule has 0 radical (unpaired) electrons. The molecule has 1 amide bonds. The van der Waals surface area contributed by atoms with Gasteiger partial charge >= 0.3 is 6.09 Å². The summed E-state index contributed by atoms with van der Waals surface area (Å²) in [5.41, 5.74) is -0.572. The second kappa shape index (κ2) is 9.11. The molecule has 0 spiro atoms. The summed E-state index contributed by atoms with van der Waals surface area (Å²) in [5.74, 6) is 1.94. The summed E-state index contributed by atoms with van der Waals surface area (Å²) in [6, 6.07) is 11.9. The third-order valence-electron chi connectivity index (χ3n) is 4.48. The van der Waals surface area contributed by atoms with Gasteiger partial charge in [0.2, 0.25) is 5.89 Å². The third-order valence-corrected chi connectivity index (χ3v) is 6.32. The SMILES string of the molecule is CC(C)(C)OC(=O)NC(C)(C)c1noc(CSc2nc(-c3cccs3)nc3ccccc23)n1. The molecule has 0 aliphatic rings. The van der Waals surface area contributed by atoms with Gasteiger partial charge in [-0.15, -0.1) is 11.3 Å². The molecule has 0 aliphatic heterocycles. The van der Waals surface area contributed by atoms with Crippen LogP contribution in [0.2, 0.25) is 0 Å². The van der Waals surface area contributed by atoms with Gasteiger partial charge in [-0.3, -0.25) is 0 Å². The van der Waals surface area contributed by atoms with Crippen LogP contribution in [0.4, 0.5) is 4.79 Å². The van der Waals surface area contributed by atoms with E-state index in [-0.39, 0.29) is 0 Å². The standard InChI is InChI=1S/C23H25N5O3S2/c1-22(2,3)30-21(29)27-23(4,5)20-25-17(31-28-20)13-33-19-14-9-6-7-10-15(14)24-18(26-19)16-11-8-12-32-16/h6-12H,13H2,1-5H3,(H,27,29). The van der Waals surface area contributed by atoms with Crippen molar-refractivity contribution in [2.75, 3.05) is 0 Å². The van der Waals surface area contributed by atoms with Gasteiger partial charge in [0.05, 0.1) is 16.1 Å². The fraction of sp³-hybridized carbons (Fsp3) is 0.348. The van der Waals surface area contributed by atoms with Gasteiger partial charge in [0.15, 0.2) is 11.6 Å². The van der Waals surface area contributed by atoms with E-state index in [9.17, 15) is 4.79 Å². The van der Waals surface area contributed by atoms with Crippen molar-refractivity contribution in [3.8, 4) is 10.7 Å². The van der Waals surface area contributed by atoms with E-state index in [1.165, 1.54) is 11.8 Å². The molecule has 0 saturated carbocycles. The van der Waals surface area contributed by atoms with Gasteiger partial charge in [0, 0.05) is 5.39 Å². The zero-order valence-corrected chi connectivity index (χ0v) is 20.7. The molecule has 0 fully saturated rings. The molecule has 10 heteroatoms. The predicted octanol–water partition coefficient (Wildman–Crippen LogP) is 5.79. The number of hydrogen-bond acceptors (Lipinski definition) is 9. The van der Waals surface area contributed by atoms with Crippen molar-refractivity contribution < 1.29 is 14.1 Å². The smallest absolute Gasteiger partial charge is 0.408 e. The van der Waals surface area contributed by atoms with E-state index in [0.29, 0.717) is 23.3 Å². The minimum atomic E-state index is -0.858. The zero-order valence-electron chi connectivity index (χ0n) is 19.1. The highest BCUT2D eigenvalue weighted by Gasteiger charge is 2.31. The number of aromatic nitrogens is 4. The molecule has 0 saturated heterocycles. The number of nitrogens with one attached hydrogen (secondary N) is 1. The van der Waals surface area contributed by atoms with Crippen LogP contribution in [-0.4, -0.2) is 31.8 Å². The fourth-order valence-corrected chi connectivity index (χ4v) is 4.50. The molecule has 1 N–H and O–H groups in total.